The number of fused-ring (bicyclic) bond motifs is 4. The molecular weight excluding hydrogens is 310 g/mol. The maximum Gasteiger partial charge on any atom is 0.0555 e. The van der Waals surface area contributed by atoms with Crippen LogP contribution in [-0.4, -0.2) is 34.4 Å². The van der Waals surface area contributed by atoms with E-state index in [2.05, 4.69) is 59.0 Å². The van der Waals surface area contributed by atoms with Crippen molar-refractivity contribution in [3.05, 3.63) is 53.9 Å². The van der Waals surface area contributed by atoms with E-state index < -0.39 is 0 Å². The molecule has 25 heavy (non-hydrogen) atoms. The van der Waals surface area contributed by atoms with Crippen LogP contribution in [-0.2, 0) is 6.54 Å². The van der Waals surface area contributed by atoms with Crippen molar-refractivity contribution in [2.75, 3.05) is 19.7 Å². The molecule has 0 aliphatic rings. The molecule has 4 aromatic rings. The van der Waals surface area contributed by atoms with Gasteiger partial charge in [-0.3, -0.25) is 4.98 Å². The monoisotopic (exact) mass is 333 g/mol. The Morgan fingerprint density at radius 3 is 2.68 bits per heavy atom. The molecule has 0 saturated carbocycles. The van der Waals surface area contributed by atoms with Crippen LogP contribution in [0.4, 0.5) is 0 Å². The van der Waals surface area contributed by atoms with Gasteiger partial charge in [-0.1, -0.05) is 18.2 Å². The number of benzene rings is 2. The first kappa shape index (κ1) is 16.1. The minimum absolute atomic E-state index is 0.170. The number of aryl methyl sites for hydroxylation is 2. The lowest BCUT2D eigenvalue weighted by Gasteiger charge is -2.13. The van der Waals surface area contributed by atoms with E-state index in [1.54, 1.807) is 0 Å². The van der Waals surface area contributed by atoms with Crippen LogP contribution in [0.3, 0.4) is 0 Å². The Hall–Kier alpha value is -2.43. The van der Waals surface area contributed by atoms with E-state index in [9.17, 15) is 0 Å². The van der Waals surface area contributed by atoms with Gasteiger partial charge in [0.2, 0.25) is 0 Å². The van der Waals surface area contributed by atoms with Crippen LogP contribution < -0.4 is 5.32 Å². The van der Waals surface area contributed by atoms with E-state index in [-0.39, 0.29) is 6.61 Å². The second-order valence-electron chi connectivity index (χ2n) is 6.54. The molecule has 0 aliphatic carbocycles. The summed E-state index contributed by atoms with van der Waals surface area (Å²) in [5.74, 6) is 0. The third-order valence-corrected chi connectivity index (χ3v) is 5.13. The number of para-hydroxylation sites is 1. The summed E-state index contributed by atoms with van der Waals surface area (Å²) >= 11 is 0. The van der Waals surface area contributed by atoms with Gasteiger partial charge in [0, 0.05) is 53.7 Å². The molecule has 0 atom stereocenters. The zero-order valence-electron chi connectivity index (χ0n) is 14.7. The first-order valence-electron chi connectivity index (χ1n) is 8.79. The van der Waals surface area contributed by atoms with Crippen molar-refractivity contribution >= 4 is 32.6 Å². The van der Waals surface area contributed by atoms with E-state index in [1.807, 2.05) is 12.4 Å². The number of aliphatic hydroxyl groups excluding tert-OH is 1. The van der Waals surface area contributed by atoms with Gasteiger partial charge in [-0.15, -0.1) is 0 Å². The zero-order valence-corrected chi connectivity index (χ0v) is 14.7. The molecule has 0 bridgehead atoms. The number of hydrogen-bond donors (Lipinski definition) is 2. The van der Waals surface area contributed by atoms with Crippen LogP contribution in [0.15, 0.2) is 42.7 Å². The SMILES string of the molecule is Cc1c2cnccc2c(C)c2c1c1ccccc1n2CCNCCO. The van der Waals surface area contributed by atoms with E-state index >= 15 is 0 Å². The lowest BCUT2D eigenvalue weighted by molar-refractivity contribution is 0.292. The Balaban J connectivity index is 2.04. The van der Waals surface area contributed by atoms with Crippen LogP contribution in [0.2, 0.25) is 0 Å². The molecule has 2 heterocycles. The zero-order chi connectivity index (χ0) is 17.4. The van der Waals surface area contributed by atoms with Gasteiger partial charge in [0.1, 0.15) is 0 Å². The van der Waals surface area contributed by atoms with Gasteiger partial charge < -0.3 is 15.0 Å². The van der Waals surface area contributed by atoms with Gasteiger partial charge in [0.05, 0.1) is 12.1 Å². The fraction of sp³-hybridized carbons (Fsp3) is 0.286. The molecule has 128 valence electrons. The van der Waals surface area contributed by atoms with Gasteiger partial charge in [-0.25, -0.2) is 0 Å². The smallest absolute Gasteiger partial charge is 0.0555 e. The van der Waals surface area contributed by atoms with Crippen LogP contribution in [0, 0.1) is 13.8 Å². The molecule has 0 radical (unpaired) electrons. The van der Waals surface area contributed by atoms with Crippen molar-refractivity contribution in [2.24, 2.45) is 0 Å². The van der Waals surface area contributed by atoms with Crippen LogP contribution in [0.25, 0.3) is 32.6 Å². The second-order valence-corrected chi connectivity index (χ2v) is 6.54. The summed E-state index contributed by atoms with van der Waals surface area (Å²) in [5, 5.41) is 17.4. The molecule has 0 amide bonds. The third kappa shape index (κ3) is 2.49. The summed E-state index contributed by atoms with van der Waals surface area (Å²) in [6, 6.07) is 10.7. The molecule has 2 N–H and O–H groups in total. The highest BCUT2D eigenvalue weighted by Gasteiger charge is 2.17. The first-order chi connectivity index (χ1) is 12.2. The van der Waals surface area contributed by atoms with Crippen LogP contribution in [0.5, 0.6) is 0 Å². The maximum atomic E-state index is 8.99. The van der Waals surface area contributed by atoms with Crippen molar-refractivity contribution in [1.82, 2.24) is 14.9 Å². The topological polar surface area (TPSA) is 50.1 Å². The van der Waals surface area contributed by atoms with E-state index in [0.29, 0.717) is 6.54 Å². The number of aliphatic hydroxyl groups is 1. The molecule has 2 aromatic carbocycles. The van der Waals surface area contributed by atoms with Crippen molar-refractivity contribution in [2.45, 2.75) is 20.4 Å². The number of rotatable bonds is 5. The first-order valence-corrected chi connectivity index (χ1v) is 8.79. The van der Waals surface area contributed by atoms with Gasteiger partial charge in [0.15, 0.2) is 0 Å². The molecule has 0 aliphatic heterocycles. The van der Waals surface area contributed by atoms with Crippen molar-refractivity contribution < 1.29 is 5.11 Å². The largest absolute Gasteiger partial charge is 0.395 e. The van der Waals surface area contributed by atoms with Crippen LogP contribution in [0.1, 0.15) is 11.1 Å². The lowest BCUT2D eigenvalue weighted by Crippen LogP contribution is -2.23. The maximum absolute atomic E-state index is 8.99. The number of aromatic nitrogens is 2. The highest BCUT2D eigenvalue weighted by Crippen LogP contribution is 2.38. The molecule has 0 unspecified atom stereocenters. The Morgan fingerprint density at radius 1 is 1.00 bits per heavy atom. The second kappa shape index (κ2) is 6.47. The molecule has 4 nitrogen and oxygen atoms in total. The minimum Gasteiger partial charge on any atom is -0.395 e. The van der Waals surface area contributed by atoms with Gasteiger partial charge in [-0.2, -0.15) is 0 Å². The highest BCUT2D eigenvalue weighted by atomic mass is 16.3. The molecule has 0 spiro atoms. The fourth-order valence-electron chi connectivity index (χ4n) is 3.98. The summed E-state index contributed by atoms with van der Waals surface area (Å²) < 4.78 is 2.41. The summed E-state index contributed by atoms with van der Waals surface area (Å²) in [6.45, 7) is 6.92. The normalized spacial score (nSPS) is 11.8. The van der Waals surface area contributed by atoms with Gasteiger partial charge >= 0.3 is 0 Å². The minimum atomic E-state index is 0.170. The Morgan fingerprint density at radius 2 is 1.84 bits per heavy atom. The number of pyridine rings is 1. The molecule has 4 rings (SSSR count). The summed E-state index contributed by atoms with van der Waals surface area (Å²) in [6.07, 6.45) is 3.85. The average Bonchev–Trinajstić information content (AvgIpc) is 2.98. The molecule has 4 heteroatoms. The van der Waals surface area contributed by atoms with Gasteiger partial charge in [-0.05, 0) is 42.5 Å². The lowest BCUT2D eigenvalue weighted by atomic mass is 9.97. The number of nitrogens with one attached hydrogen (secondary N) is 1. The summed E-state index contributed by atoms with van der Waals surface area (Å²) in [5.41, 5.74) is 5.17. The Kier molecular flexibility index (Phi) is 4.15. The predicted molar refractivity (Wildman–Crippen MR) is 104 cm³/mol. The average molecular weight is 333 g/mol. The molecule has 0 saturated heterocycles. The van der Waals surface area contributed by atoms with Gasteiger partial charge in [0.25, 0.3) is 0 Å². The van der Waals surface area contributed by atoms with Crippen molar-refractivity contribution in [3.8, 4) is 0 Å². The molecular formula is C21H23N3O. The third-order valence-electron chi connectivity index (χ3n) is 5.13. The van der Waals surface area contributed by atoms with Crippen molar-refractivity contribution in [3.63, 3.8) is 0 Å². The molecule has 2 aromatic heterocycles. The quantitative estimate of drug-likeness (QED) is 0.549. The Labute approximate surface area is 147 Å². The highest BCUT2D eigenvalue weighted by molar-refractivity contribution is 6.16. The number of nitrogens with zero attached hydrogens (tertiary/aromatic N) is 2. The van der Waals surface area contributed by atoms with E-state index in [0.717, 1.165) is 13.1 Å². The predicted octanol–water partition coefficient (Wildman–Crippen LogP) is 3.54. The fourth-order valence-corrected chi connectivity index (χ4v) is 3.98. The Bertz CT molecular complexity index is 1070. The summed E-state index contributed by atoms with van der Waals surface area (Å²) in [7, 11) is 0. The van der Waals surface area contributed by atoms with Crippen molar-refractivity contribution in [1.29, 1.82) is 0 Å². The van der Waals surface area contributed by atoms with Crippen LogP contribution >= 0.6 is 0 Å². The standard InChI is InChI=1S/C21H23N3O/c1-14-18-13-23-8-7-16(18)15(2)21-20(14)17-5-3-4-6-19(17)24(21)11-9-22-10-12-25/h3-8,13,22,25H,9-12H2,1-2H3. The van der Waals surface area contributed by atoms with E-state index in [1.165, 1.54) is 43.7 Å². The molecule has 0 fully saturated rings. The number of hydrogen-bond acceptors (Lipinski definition) is 3. The van der Waals surface area contributed by atoms with E-state index in [4.69, 9.17) is 5.11 Å². The summed E-state index contributed by atoms with van der Waals surface area (Å²) in [4.78, 5) is 4.34.